The van der Waals surface area contributed by atoms with Crippen LogP contribution in [0.15, 0.2) is 36.4 Å². The lowest BCUT2D eigenvalue weighted by Gasteiger charge is -2.65. The van der Waals surface area contributed by atoms with Crippen molar-refractivity contribution in [2.24, 2.45) is 57.7 Å². The highest BCUT2D eigenvalue weighted by atomic mass is 14.7. The average molecular weight is 506 g/mol. The van der Waals surface area contributed by atoms with Crippen LogP contribution in [0.4, 0.5) is 5.69 Å². The fourth-order valence-electron chi connectivity index (χ4n) is 10.6. The van der Waals surface area contributed by atoms with Gasteiger partial charge in [0.05, 0.1) is 0 Å². The second-order valence-electron chi connectivity index (χ2n) is 15.0. The predicted octanol–water partition coefficient (Wildman–Crippen LogP) is 10.5. The van der Waals surface area contributed by atoms with Gasteiger partial charge < -0.3 is 5.73 Å². The number of benzene rings is 1. The quantitative estimate of drug-likeness (QED) is 0.319. The Hall–Kier alpha value is -1.24. The number of fused-ring (bicyclic) bond motifs is 5. The SMILES string of the molecule is C/C=C\CCC(C)C1CCC2C3CCC4C(C)(C)C(C)CCC4(C)C3CCC12C.Cc1ccccc1N. The van der Waals surface area contributed by atoms with Crippen molar-refractivity contribution in [3.63, 3.8) is 0 Å². The number of aryl methyl sites for hydroxylation is 1. The highest BCUT2D eigenvalue weighted by Crippen LogP contribution is 2.70. The predicted molar refractivity (Wildman–Crippen MR) is 162 cm³/mol. The van der Waals surface area contributed by atoms with Crippen molar-refractivity contribution < 1.29 is 0 Å². The molecule has 0 heterocycles. The molecule has 1 heteroatoms. The third kappa shape index (κ3) is 5.19. The van der Waals surface area contributed by atoms with Crippen molar-refractivity contribution in [1.82, 2.24) is 0 Å². The molecular weight excluding hydrogens is 446 g/mol. The Morgan fingerprint density at radius 1 is 0.919 bits per heavy atom. The van der Waals surface area contributed by atoms with Gasteiger partial charge >= 0.3 is 0 Å². The summed E-state index contributed by atoms with van der Waals surface area (Å²) in [6.07, 6.45) is 19.5. The van der Waals surface area contributed by atoms with Gasteiger partial charge in [-0.2, -0.15) is 0 Å². The monoisotopic (exact) mass is 505 g/mol. The molecule has 37 heavy (non-hydrogen) atoms. The van der Waals surface area contributed by atoms with Crippen molar-refractivity contribution in [2.45, 2.75) is 120 Å². The topological polar surface area (TPSA) is 26.0 Å². The number of rotatable bonds is 4. The zero-order valence-electron chi connectivity index (χ0n) is 25.7. The molecule has 2 N–H and O–H groups in total. The van der Waals surface area contributed by atoms with Crippen LogP contribution in [0.1, 0.15) is 118 Å². The smallest absolute Gasteiger partial charge is 0.0343 e. The summed E-state index contributed by atoms with van der Waals surface area (Å²) in [4.78, 5) is 0. The van der Waals surface area contributed by atoms with E-state index in [9.17, 15) is 0 Å². The molecule has 208 valence electrons. The van der Waals surface area contributed by atoms with Crippen molar-refractivity contribution in [2.75, 3.05) is 5.73 Å². The maximum atomic E-state index is 5.52. The highest BCUT2D eigenvalue weighted by molar-refractivity contribution is 5.44. The summed E-state index contributed by atoms with van der Waals surface area (Å²) in [5, 5.41) is 0. The van der Waals surface area contributed by atoms with Crippen LogP contribution in [0, 0.1) is 64.6 Å². The molecule has 1 aromatic carbocycles. The molecule has 0 amide bonds. The van der Waals surface area contributed by atoms with Gasteiger partial charge in [-0.25, -0.2) is 0 Å². The molecule has 0 saturated heterocycles. The number of hydrogen-bond acceptors (Lipinski definition) is 1. The number of anilines is 1. The number of nitrogens with two attached hydrogens (primary N) is 1. The second-order valence-corrected chi connectivity index (χ2v) is 15.0. The third-order valence-corrected chi connectivity index (χ3v) is 13.1. The third-order valence-electron chi connectivity index (χ3n) is 13.1. The van der Waals surface area contributed by atoms with E-state index in [-0.39, 0.29) is 0 Å². The number of allylic oxidation sites excluding steroid dienone is 2. The maximum absolute atomic E-state index is 5.52. The van der Waals surface area contributed by atoms with E-state index in [2.05, 4.69) is 60.6 Å². The van der Waals surface area contributed by atoms with E-state index >= 15 is 0 Å². The largest absolute Gasteiger partial charge is 0.399 e. The van der Waals surface area contributed by atoms with Gasteiger partial charge in [0, 0.05) is 5.69 Å². The molecule has 4 fully saturated rings. The Labute approximate surface area is 230 Å². The number of hydrogen-bond donors (Lipinski definition) is 1. The van der Waals surface area contributed by atoms with Gasteiger partial charge in [0.1, 0.15) is 0 Å². The van der Waals surface area contributed by atoms with Crippen LogP contribution in [0.5, 0.6) is 0 Å². The van der Waals surface area contributed by atoms with Gasteiger partial charge in [-0.3, -0.25) is 0 Å². The van der Waals surface area contributed by atoms with E-state index in [0.717, 1.165) is 52.7 Å². The van der Waals surface area contributed by atoms with Crippen molar-refractivity contribution in [1.29, 1.82) is 0 Å². The molecule has 5 rings (SSSR count). The minimum absolute atomic E-state index is 0.540. The Balaban J connectivity index is 0.000000342. The van der Waals surface area contributed by atoms with Crippen LogP contribution in [-0.2, 0) is 0 Å². The molecule has 0 radical (unpaired) electrons. The van der Waals surface area contributed by atoms with Crippen LogP contribution in [0.3, 0.4) is 0 Å². The van der Waals surface area contributed by atoms with E-state index in [1.165, 1.54) is 57.8 Å². The average Bonchev–Trinajstić information content (AvgIpc) is 3.21. The van der Waals surface area contributed by atoms with Gasteiger partial charge in [-0.15, -0.1) is 0 Å². The van der Waals surface area contributed by atoms with Gasteiger partial charge in [-0.1, -0.05) is 71.9 Å². The van der Waals surface area contributed by atoms with Crippen molar-refractivity contribution in [3.8, 4) is 0 Å². The van der Waals surface area contributed by atoms with Crippen molar-refractivity contribution >= 4 is 5.69 Å². The zero-order chi connectivity index (χ0) is 27.0. The van der Waals surface area contributed by atoms with Gasteiger partial charge in [0.15, 0.2) is 0 Å². The molecule has 9 unspecified atom stereocenters. The second kappa shape index (κ2) is 11.1. The van der Waals surface area contributed by atoms with E-state index in [4.69, 9.17) is 5.73 Å². The normalized spacial score (nSPS) is 41.2. The first-order valence-corrected chi connectivity index (χ1v) is 15.9. The lowest BCUT2D eigenvalue weighted by atomic mass is 9.40. The van der Waals surface area contributed by atoms with E-state index in [1.54, 1.807) is 6.42 Å². The molecule has 0 aliphatic heterocycles. The number of para-hydroxylation sites is 1. The van der Waals surface area contributed by atoms with Crippen molar-refractivity contribution in [3.05, 3.63) is 42.0 Å². The fourth-order valence-corrected chi connectivity index (χ4v) is 10.6. The molecular formula is C36H59N. The van der Waals surface area contributed by atoms with Crippen LogP contribution in [0.2, 0.25) is 0 Å². The lowest BCUT2D eigenvalue weighted by molar-refractivity contribution is -0.161. The van der Waals surface area contributed by atoms with E-state index < -0.39 is 0 Å². The minimum atomic E-state index is 0.540. The van der Waals surface area contributed by atoms with Crippen LogP contribution in [0.25, 0.3) is 0 Å². The number of nitrogen functional groups attached to an aromatic ring is 1. The first-order chi connectivity index (χ1) is 17.5. The summed E-state index contributed by atoms with van der Waals surface area (Å²) in [5.41, 5.74) is 9.33. The molecule has 4 saturated carbocycles. The molecule has 0 spiro atoms. The maximum Gasteiger partial charge on any atom is 0.0343 e. The summed E-state index contributed by atoms with van der Waals surface area (Å²) >= 11 is 0. The van der Waals surface area contributed by atoms with Crippen LogP contribution >= 0.6 is 0 Å². The minimum Gasteiger partial charge on any atom is -0.399 e. The van der Waals surface area contributed by atoms with Crippen LogP contribution < -0.4 is 5.73 Å². The lowest BCUT2D eigenvalue weighted by Crippen LogP contribution is -2.57. The summed E-state index contributed by atoms with van der Waals surface area (Å²) in [6, 6.07) is 7.80. The summed E-state index contributed by atoms with van der Waals surface area (Å²) < 4.78 is 0. The summed E-state index contributed by atoms with van der Waals surface area (Å²) in [5.74, 6) is 6.82. The van der Waals surface area contributed by atoms with E-state index in [1.807, 2.05) is 31.2 Å². The highest BCUT2D eigenvalue weighted by Gasteiger charge is 2.62. The summed E-state index contributed by atoms with van der Waals surface area (Å²) in [6.45, 7) is 20.0. The first kappa shape index (κ1) is 28.8. The molecule has 1 nitrogen and oxygen atoms in total. The molecule has 1 aromatic rings. The van der Waals surface area contributed by atoms with Gasteiger partial charge in [0.25, 0.3) is 0 Å². The Kier molecular flexibility index (Phi) is 8.62. The fraction of sp³-hybridized carbons (Fsp3) is 0.778. The summed E-state index contributed by atoms with van der Waals surface area (Å²) in [7, 11) is 0. The molecule has 4 aliphatic carbocycles. The Morgan fingerprint density at radius 2 is 1.59 bits per heavy atom. The van der Waals surface area contributed by atoms with Crippen LogP contribution in [-0.4, -0.2) is 0 Å². The Bertz CT molecular complexity index is 907. The molecule has 9 atom stereocenters. The standard InChI is InChI=1S/C29H50.C7H9N/c1-8-9-10-11-20(2)23-13-14-24-22-12-15-26-27(4,5)21(3)16-18-29(26,7)25(22)17-19-28(23,24)6;1-6-4-2-3-5-7(6)8/h8-9,20-26H,10-19H2,1-7H3;2-5H,8H2,1H3/b9-8-;. The first-order valence-electron chi connectivity index (χ1n) is 15.9. The van der Waals surface area contributed by atoms with Gasteiger partial charge in [-0.05, 0) is 147 Å². The van der Waals surface area contributed by atoms with Gasteiger partial charge in [0.2, 0.25) is 0 Å². The zero-order valence-corrected chi connectivity index (χ0v) is 25.7. The molecule has 0 bridgehead atoms. The molecule has 4 aliphatic rings. The molecule has 0 aromatic heterocycles. The van der Waals surface area contributed by atoms with E-state index in [0.29, 0.717) is 16.2 Å². The Morgan fingerprint density at radius 3 is 2.24 bits per heavy atom.